The molecule has 1 saturated heterocycles. The van der Waals surface area contributed by atoms with E-state index in [0.717, 1.165) is 12.8 Å². The Morgan fingerprint density at radius 3 is 3.05 bits per heavy atom. The molecule has 0 aromatic carbocycles. The van der Waals surface area contributed by atoms with E-state index in [1.54, 1.807) is 7.05 Å². The topological polar surface area (TPSA) is 85.6 Å². The molecule has 1 fully saturated rings. The number of aromatic nitrogens is 1. The highest BCUT2D eigenvalue weighted by Gasteiger charge is 2.28. The monoisotopic (exact) mass is 299 g/mol. The van der Waals surface area contributed by atoms with Crippen LogP contribution in [-0.2, 0) is 4.74 Å². The van der Waals surface area contributed by atoms with Crippen molar-refractivity contribution in [1.29, 1.82) is 0 Å². The Bertz CT molecular complexity index is 531. The van der Waals surface area contributed by atoms with Crippen LogP contribution in [0.2, 0.25) is 5.15 Å². The van der Waals surface area contributed by atoms with E-state index in [0.29, 0.717) is 13.2 Å². The van der Waals surface area contributed by atoms with Crippen molar-refractivity contribution in [2.75, 3.05) is 20.2 Å². The summed E-state index contributed by atoms with van der Waals surface area (Å²) in [6.45, 7) is 1.09. The van der Waals surface area contributed by atoms with Crippen molar-refractivity contribution in [1.82, 2.24) is 9.88 Å². The molecule has 1 aliphatic heterocycles. The van der Waals surface area contributed by atoms with Gasteiger partial charge in [0.1, 0.15) is 5.56 Å². The molecule has 7 nitrogen and oxygen atoms in total. The molecule has 0 saturated carbocycles. The average molecular weight is 300 g/mol. The second-order valence-electron chi connectivity index (χ2n) is 4.58. The first kappa shape index (κ1) is 14.7. The molecular formula is C12H14ClN3O4. The summed E-state index contributed by atoms with van der Waals surface area (Å²) in [6, 6.07) is 1.30. The van der Waals surface area contributed by atoms with Gasteiger partial charge in [0.15, 0.2) is 0 Å². The summed E-state index contributed by atoms with van der Waals surface area (Å²) in [6.07, 6.45) is 3.12. The lowest BCUT2D eigenvalue weighted by atomic mass is 10.2. The van der Waals surface area contributed by atoms with E-state index in [9.17, 15) is 14.9 Å². The molecule has 0 aliphatic carbocycles. The van der Waals surface area contributed by atoms with Gasteiger partial charge in [-0.3, -0.25) is 14.9 Å². The number of hydrogen-bond acceptors (Lipinski definition) is 5. The number of nitro groups is 1. The molecule has 108 valence electrons. The predicted octanol–water partition coefficient (Wildman–Crippen LogP) is 1.89. The molecule has 2 heterocycles. The van der Waals surface area contributed by atoms with Gasteiger partial charge in [0.05, 0.1) is 11.0 Å². The van der Waals surface area contributed by atoms with Crippen molar-refractivity contribution in [2.24, 2.45) is 0 Å². The van der Waals surface area contributed by atoms with Crippen LogP contribution in [0.15, 0.2) is 12.3 Å². The number of halogens is 1. The molecule has 8 heteroatoms. The zero-order valence-electron chi connectivity index (χ0n) is 10.9. The lowest BCUT2D eigenvalue weighted by Crippen LogP contribution is -2.34. The predicted molar refractivity (Wildman–Crippen MR) is 71.8 cm³/mol. The Labute approximate surface area is 120 Å². The van der Waals surface area contributed by atoms with Crippen LogP contribution in [0.4, 0.5) is 5.69 Å². The normalized spacial score (nSPS) is 18.0. The molecule has 1 unspecified atom stereocenters. The number of pyridine rings is 1. The van der Waals surface area contributed by atoms with E-state index in [2.05, 4.69) is 4.98 Å². The zero-order valence-corrected chi connectivity index (χ0v) is 11.7. The minimum absolute atomic E-state index is 0.0136. The lowest BCUT2D eigenvalue weighted by Gasteiger charge is -2.20. The van der Waals surface area contributed by atoms with Crippen LogP contribution in [-0.4, -0.2) is 47.0 Å². The number of carbonyl (C=O) groups excluding carboxylic acids is 1. The fourth-order valence-electron chi connectivity index (χ4n) is 2.16. The minimum atomic E-state index is -0.692. The van der Waals surface area contributed by atoms with E-state index < -0.39 is 16.5 Å². The van der Waals surface area contributed by atoms with Gasteiger partial charge in [-0.05, 0) is 18.9 Å². The zero-order chi connectivity index (χ0) is 14.7. The SMILES string of the molecule is CN(CC1CCCO1)C(=O)c1ccnc(Cl)c1[N+](=O)[O-]. The number of hydrogen-bond donors (Lipinski definition) is 0. The number of likely N-dealkylation sites (N-methyl/N-ethyl adjacent to an activating group) is 1. The van der Waals surface area contributed by atoms with Crippen LogP contribution in [0, 0.1) is 10.1 Å². The quantitative estimate of drug-likeness (QED) is 0.481. The summed E-state index contributed by atoms with van der Waals surface area (Å²) >= 11 is 5.70. The third kappa shape index (κ3) is 3.05. The second kappa shape index (κ2) is 6.15. The van der Waals surface area contributed by atoms with Gasteiger partial charge in [0.25, 0.3) is 5.91 Å². The maximum absolute atomic E-state index is 12.3. The highest BCUT2D eigenvalue weighted by atomic mass is 35.5. The van der Waals surface area contributed by atoms with E-state index in [1.165, 1.54) is 17.2 Å². The summed E-state index contributed by atoms with van der Waals surface area (Å²) in [5, 5.41) is 10.7. The van der Waals surface area contributed by atoms with Gasteiger partial charge in [-0.25, -0.2) is 4.98 Å². The third-order valence-corrected chi connectivity index (χ3v) is 3.42. The van der Waals surface area contributed by atoms with Crippen molar-refractivity contribution in [3.63, 3.8) is 0 Å². The fourth-order valence-corrected chi connectivity index (χ4v) is 2.38. The summed E-state index contributed by atoms with van der Waals surface area (Å²) in [5.41, 5.74) is -0.520. The molecule has 0 bridgehead atoms. The van der Waals surface area contributed by atoms with Gasteiger partial charge >= 0.3 is 5.69 Å². The van der Waals surface area contributed by atoms with E-state index >= 15 is 0 Å². The smallest absolute Gasteiger partial charge is 0.319 e. The largest absolute Gasteiger partial charge is 0.376 e. The Balaban J connectivity index is 2.19. The van der Waals surface area contributed by atoms with Crippen LogP contribution in [0.1, 0.15) is 23.2 Å². The summed E-state index contributed by atoms with van der Waals surface area (Å²) in [4.78, 5) is 27.6. The van der Waals surface area contributed by atoms with Gasteiger partial charge < -0.3 is 9.64 Å². The van der Waals surface area contributed by atoms with Crippen molar-refractivity contribution >= 4 is 23.2 Å². The standard InChI is InChI=1S/C12H14ClN3O4/c1-15(7-8-3-2-6-20-8)12(17)9-4-5-14-11(13)10(9)16(18)19/h4-5,8H,2-3,6-7H2,1H3. The maximum atomic E-state index is 12.3. The first-order chi connectivity index (χ1) is 9.50. The number of ether oxygens (including phenoxy) is 1. The average Bonchev–Trinajstić information content (AvgIpc) is 2.89. The molecule has 2 rings (SSSR count). The first-order valence-electron chi connectivity index (χ1n) is 6.16. The van der Waals surface area contributed by atoms with Crippen molar-refractivity contribution in [3.05, 3.63) is 33.1 Å². The van der Waals surface area contributed by atoms with Crippen molar-refractivity contribution in [2.45, 2.75) is 18.9 Å². The number of carbonyl (C=O) groups is 1. The Morgan fingerprint density at radius 2 is 2.45 bits per heavy atom. The van der Waals surface area contributed by atoms with Gasteiger partial charge in [-0.15, -0.1) is 0 Å². The summed E-state index contributed by atoms with van der Waals surface area (Å²) < 4.78 is 5.44. The fraction of sp³-hybridized carbons (Fsp3) is 0.500. The molecule has 0 spiro atoms. The van der Waals surface area contributed by atoms with E-state index in [-0.39, 0.29) is 16.8 Å². The molecule has 20 heavy (non-hydrogen) atoms. The third-order valence-electron chi connectivity index (χ3n) is 3.14. The van der Waals surface area contributed by atoms with E-state index in [1.807, 2.05) is 0 Å². The first-order valence-corrected chi connectivity index (χ1v) is 6.54. The van der Waals surface area contributed by atoms with Crippen molar-refractivity contribution in [3.8, 4) is 0 Å². The second-order valence-corrected chi connectivity index (χ2v) is 4.93. The van der Waals surface area contributed by atoms with Crippen LogP contribution < -0.4 is 0 Å². The molecule has 1 amide bonds. The highest BCUT2D eigenvalue weighted by molar-refractivity contribution is 6.32. The number of nitrogens with zero attached hydrogens (tertiary/aromatic N) is 3. The van der Waals surface area contributed by atoms with Gasteiger partial charge in [-0.1, -0.05) is 11.6 Å². The number of amides is 1. The molecule has 0 N–H and O–H groups in total. The maximum Gasteiger partial charge on any atom is 0.319 e. The lowest BCUT2D eigenvalue weighted by molar-refractivity contribution is -0.385. The van der Waals surface area contributed by atoms with Crippen LogP contribution in [0.5, 0.6) is 0 Å². The summed E-state index contributed by atoms with van der Waals surface area (Å²) in [7, 11) is 1.59. The minimum Gasteiger partial charge on any atom is -0.376 e. The van der Waals surface area contributed by atoms with Gasteiger partial charge in [-0.2, -0.15) is 0 Å². The Hall–Kier alpha value is -1.73. The summed E-state index contributed by atoms with van der Waals surface area (Å²) in [5.74, 6) is -0.462. The van der Waals surface area contributed by atoms with E-state index in [4.69, 9.17) is 16.3 Å². The van der Waals surface area contributed by atoms with Crippen LogP contribution in [0.25, 0.3) is 0 Å². The number of rotatable bonds is 4. The Kier molecular flexibility index (Phi) is 4.51. The highest BCUT2D eigenvalue weighted by Crippen LogP contribution is 2.27. The molecule has 1 atom stereocenters. The van der Waals surface area contributed by atoms with Crippen molar-refractivity contribution < 1.29 is 14.5 Å². The molecule has 1 aliphatic rings. The molecular weight excluding hydrogens is 286 g/mol. The van der Waals surface area contributed by atoms with Crippen LogP contribution >= 0.6 is 11.6 Å². The Morgan fingerprint density at radius 1 is 1.70 bits per heavy atom. The van der Waals surface area contributed by atoms with Gasteiger partial charge in [0.2, 0.25) is 5.15 Å². The molecule has 1 aromatic heterocycles. The molecule has 1 aromatic rings. The van der Waals surface area contributed by atoms with Gasteiger partial charge in [0, 0.05) is 26.4 Å². The molecule has 0 radical (unpaired) electrons. The van der Waals surface area contributed by atoms with Crippen LogP contribution in [0.3, 0.4) is 0 Å².